The molecule has 2 aromatic rings. The normalized spacial score (nSPS) is 12.4. The van der Waals surface area contributed by atoms with Crippen molar-refractivity contribution in [2.75, 3.05) is 19.8 Å². The van der Waals surface area contributed by atoms with E-state index in [1.54, 1.807) is 0 Å². The largest absolute Gasteiger partial charge is 0.464 e. The topological polar surface area (TPSA) is 105 Å². The fourth-order valence-corrected chi connectivity index (χ4v) is 5.22. The van der Waals surface area contributed by atoms with Gasteiger partial charge in [-0.25, -0.2) is 20.0 Å². The summed E-state index contributed by atoms with van der Waals surface area (Å²) >= 11 is 0. The van der Waals surface area contributed by atoms with Crippen molar-refractivity contribution in [1.82, 2.24) is 10.4 Å². The van der Waals surface area contributed by atoms with E-state index in [2.05, 4.69) is 44.7 Å². The van der Waals surface area contributed by atoms with Crippen LogP contribution in [0.25, 0.3) is 11.1 Å². The standard InChI is InChI=1S/C30H46N2O6Si2/c1-39(2,3)22-20-37-29(35)27(18-19-33)32(31-30(36)38-21-23-40(4,5)6)28(34)17-14-24-12-15-26(16-13-24)25-10-8-7-9-11-25/h7-13,15-16,27,33H,14,17-23H2,1-6H3,(H,31,36)/t27-/m0/s1. The lowest BCUT2D eigenvalue weighted by Crippen LogP contribution is -2.56. The van der Waals surface area contributed by atoms with Crippen LogP contribution in [-0.4, -0.2) is 70.1 Å². The monoisotopic (exact) mass is 586 g/mol. The number of ether oxygens (including phenoxy) is 2. The van der Waals surface area contributed by atoms with Gasteiger partial charge in [-0.05, 0) is 35.2 Å². The van der Waals surface area contributed by atoms with Gasteiger partial charge in [-0.3, -0.25) is 4.79 Å². The third kappa shape index (κ3) is 12.5. The quantitative estimate of drug-likeness (QED) is 0.167. The van der Waals surface area contributed by atoms with Crippen molar-refractivity contribution in [1.29, 1.82) is 0 Å². The molecular formula is C30H46N2O6Si2. The van der Waals surface area contributed by atoms with E-state index in [1.165, 1.54) is 0 Å². The second-order valence-corrected chi connectivity index (χ2v) is 23.6. The molecule has 220 valence electrons. The fraction of sp³-hybridized carbons (Fsp3) is 0.500. The highest BCUT2D eigenvalue weighted by Gasteiger charge is 2.33. The predicted molar refractivity (Wildman–Crippen MR) is 164 cm³/mol. The maximum atomic E-state index is 13.4. The molecule has 2 N–H and O–H groups in total. The number of hydrazine groups is 1. The van der Waals surface area contributed by atoms with Gasteiger partial charge in [0.15, 0.2) is 6.04 Å². The van der Waals surface area contributed by atoms with Crippen LogP contribution < -0.4 is 5.43 Å². The van der Waals surface area contributed by atoms with E-state index in [4.69, 9.17) is 9.47 Å². The molecule has 0 bridgehead atoms. The maximum Gasteiger partial charge on any atom is 0.426 e. The summed E-state index contributed by atoms with van der Waals surface area (Å²) in [6, 6.07) is 18.3. The summed E-state index contributed by atoms with van der Waals surface area (Å²) in [5.41, 5.74) is 5.60. The molecule has 0 aromatic heterocycles. The number of aliphatic hydroxyl groups is 1. The highest BCUT2D eigenvalue weighted by atomic mass is 28.3. The molecule has 1 atom stereocenters. The Hall–Kier alpha value is -2.96. The van der Waals surface area contributed by atoms with Crippen LogP contribution in [0.15, 0.2) is 54.6 Å². The second kappa shape index (κ2) is 15.7. The van der Waals surface area contributed by atoms with Crippen LogP contribution in [0.4, 0.5) is 4.79 Å². The molecule has 10 heteroatoms. The van der Waals surface area contributed by atoms with Gasteiger partial charge in [0.1, 0.15) is 0 Å². The Kier molecular flexibility index (Phi) is 13.1. The van der Waals surface area contributed by atoms with E-state index in [-0.39, 0.29) is 32.7 Å². The molecule has 2 rings (SSSR count). The Morgan fingerprint density at radius 1 is 0.825 bits per heavy atom. The lowest BCUT2D eigenvalue weighted by atomic mass is 10.0. The van der Waals surface area contributed by atoms with Crippen LogP contribution in [0, 0.1) is 0 Å². The molecule has 8 nitrogen and oxygen atoms in total. The van der Waals surface area contributed by atoms with E-state index in [0.29, 0.717) is 6.42 Å². The number of carbonyl (C=O) groups excluding carboxylic acids is 3. The van der Waals surface area contributed by atoms with Gasteiger partial charge in [-0.1, -0.05) is 93.9 Å². The minimum Gasteiger partial charge on any atom is -0.464 e. The molecule has 0 spiro atoms. The van der Waals surface area contributed by atoms with Crippen molar-refractivity contribution in [3.63, 3.8) is 0 Å². The number of amides is 2. The van der Waals surface area contributed by atoms with Crippen LogP contribution >= 0.6 is 0 Å². The first-order valence-electron chi connectivity index (χ1n) is 14.0. The first kappa shape index (κ1) is 33.3. The highest BCUT2D eigenvalue weighted by Crippen LogP contribution is 2.20. The van der Waals surface area contributed by atoms with Crippen LogP contribution in [0.1, 0.15) is 18.4 Å². The molecule has 0 radical (unpaired) electrons. The maximum absolute atomic E-state index is 13.4. The van der Waals surface area contributed by atoms with Gasteiger partial charge in [-0.2, -0.15) is 0 Å². The first-order chi connectivity index (χ1) is 18.8. The van der Waals surface area contributed by atoms with E-state index in [0.717, 1.165) is 33.8 Å². The molecule has 0 aliphatic heterocycles. The number of hydrogen-bond donors (Lipinski definition) is 2. The number of nitrogens with one attached hydrogen (secondary N) is 1. The van der Waals surface area contributed by atoms with Crippen molar-refractivity contribution in [3.8, 4) is 11.1 Å². The molecule has 0 saturated heterocycles. The molecule has 0 heterocycles. The zero-order valence-electron chi connectivity index (χ0n) is 24.9. The van der Waals surface area contributed by atoms with E-state index in [1.807, 2.05) is 54.6 Å². The van der Waals surface area contributed by atoms with E-state index < -0.39 is 40.2 Å². The van der Waals surface area contributed by atoms with Crippen LogP contribution in [-0.2, 0) is 25.5 Å². The molecule has 0 unspecified atom stereocenters. The summed E-state index contributed by atoms with van der Waals surface area (Å²) in [7, 11) is -2.89. The molecule has 40 heavy (non-hydrogen) atoms. The van der Waals surface area contributed by atoms with Crippen molar-refractivity contribution < 1.29 is 29.0 Å². The minimum absolute atomic E-state index is 0.0456. The van der Waals surface area contributed by atoms with Crippen LogP contribution in [0.3, 0.4) is 0 Å². The predicted octanol–water partition coefficient (Wildman–Crippen LogP) is 5.73. The first-order valence-corrected chi connectivity index (χ1v) is 21.4. The molecular weight excluding hydrogens is 541 g/mol. The van der Waals surface area contributed by atoms with Gasteiger partial charge >= 0.3 is 12.1 Å². The Morgan fingerprint density at radius 3 is 1.93 bits per heavy atom. The summed E-state index contributed by atoms with van der Waals surface area (Å²) in [4.78, 5) is 39.1. The van der Waals surface area contributed by atoms with Crippen LogP contribution in [0.5, 0.6) is 0 Å². The highest BCUT2D eigenvalue weighted by molar-refractivity contribution is 6.76. The summed E-state index contributed by atoms with van der Waals surface area (Å²) in [6.07, 6.45) is -0.424. The third-order valence-corrected chi connectivity index (χ3v) is 9.75. The molecule has 2 amide bonds. The summed E-state index contributed by atoms with van der Waals surface area (Å²) in [6.45, 7) is 13.1. The molecule has 0 aliphatic rings. The lowest BCUT2D eigenvalue weighted by Gasteiger charge is -2.30. The van der Waals surface area contributed by atoms with Gasteiger partial charge in [0.2, 0.25) is 5.91 Å². The van der Waals surface area contributed by atoms with E-state index in [9.17, 15) is 19.5 Å². The molecule has 2 aromatic carbocycles. The smallest absolute Gasteiger partial charge is 0.426 e. The minimum atomic E-state index is -1.45. The van der Waals surface area contributed by atoms with Crippen LogP contribution in [0.2, 0.25) is 51.4 Å². The van der Waals surface area contributed by atoms with Gasteiger partial charge in [0.25, 0.3) is 0 Å². The second-order valence-electron chi connectivity index (χ2n) is 12.4. The number of hydrogen-bond acceptors (Lipinski definition) is 6. The lowest BCUT2D eigenvalue weighted by molar-refractivity contribution is -0.158. The van der Waals surface area contributed by atoms with Crippen molar-refractivity contribution in [2.45, 2.75) is 76.7 Å². The zero-order chi connectivity index (χ0) is 29.8. The Morgan fingerprint density at radius 2 is 1.38 bits per heavy atom. The van der Waals surface area contributed by atoms with Crippen molar-refractivity contribution in [3.05, 3.63) is 60.2 Å². The molecule has 0 saturated carbocycles. The van der Waals surface area contributed by atoms with Crippen molar-refractivity contribution in [2.24, 2.45) is 0 Å². The zero-order valence-corrected chi connectivity index (χ0v) is 26.9. The number of benzene rings is 2. The summed E-state index contributed by atoms with van der Waals surface area (Å²) in [5, 5.41) is 10.7. The SMILES string of the molecule is C[Si](C)(C)CCOC(=O)NN(C(=O)CCc1ccc(-c2ccccc2)cc1)[C@@H](CCO)C(=O)OCC[Si](C)(C)C. The number of aryl methyl sites for hydroxylation is 1. The fourth-order valence-electron chi connectivity index (χ4n) is 3.79. The number of aliphatic hydroxyl groups excluding tert-OH is 1. The average molecular weight is 587 g/mol. The number of rotatable bonds is 14. The molecule has 0 fully saturated rings. The van der Waals surface area contributed by atoms with Crippen molar-refractivity contribution >= 4 is 34.1 Å². The molecule has 0 aliphatic carbocycles. The Balaban J connectivity index is 2.13. The number of esters is 1. The van der Waals surface area contributed by atoms with Gasteiger partial charge in [0.05, 0.1) is 13.2 Å². The average Bonchev–Trinajstić information content (AvgIpc) is 2.88. The number of carbonyl (C=O) groups is 3. The van der Waals surface area contributed by atoms with E-state index >= 15 is 0 Å². The van der Waals surface area contributed by atoms with Gasteiger partial charge in [0, 0.05) is 35.6 Å². The third-order valence-electron chi connectivity index (χ3n) is 6.34. The Bertz CT molecular complexity index is 1080. The summed E-state index contributed by atoms with van der Waals surface area (Å²) < 4.78 is 10.8. The van der Waals surface area contributed by atoms with Gasteiger partial charge < -0.3 is 14.6 Å². The summed E-state index contributed by atoms with van der Waals surface area (Å²) in [5.74, 6) is -1.12. The van der Waals surface area contributed by atoms with Gasteiger partial charge in [-0.15, -0.1) is 0 Å². The Labute approximate surface area is 241 Å². The number of nitrogens with zero attached hydrogens (tertiary/aromatic N) is 1.